The quantitative estimate of drug-likeness (QED) is 0.723. The molecule has 0 aromatic carbocycles. The maximum Gasteiger partial charge on any atom is 0.318 e. The van der Waals surface area contributed by atoms with Gasteiger partial charge in [0.2, 0.25) is 5.91 Å². The van der Waals surface area contributed by atoms with E-state index in [0.29, 0.717) is 13.1 Å². The first-order chi connectivity index (χ1) is 9.24. The molecule has 0 spiro atoms. The number of likely N-dealkylation sites (N-methyl/N-ethyl adjacent to an activating group) is 1. The molecule has 2 unspecified atom stereocenters. The van der Waals surface area contributed by atoms with Crippen LogP contribution in [0.15, 0.2) is 0 Å². The number of nitrogens with zero attached hydrogens (tertiary/aromatic N) is 2. The molecule has 0 aliphatic carbocycles. The Morgan fingerprint density at radius 1 is 1.15 bits per heavy atom. The maximum absolute atomic E-state index is 12.1. The fourth-order valence-corrected chi connectivity index (χ4v) is 1.83. The number of nitrogens with one attached hydrogen (secondary N) is 1. The molecule has 0 saturated heterocycles. The molecule has 2 atom stereocenters. The van der Waals surface area contributed by atoms with Gasteiger partial charge in [0, 0.05) is 26.2 Å². The number of rotatable bonds is 7. The Balaban J connectivity index is 4.63. The van der Waals surface area contributed by atoms with E-state index in [1.165, 1.54) is 9.80 Å². The molecule has 0 bridgehead atoms. The molecule has 2 N–H and O–H groups in total. The molecule has 0 aromatic heterocycles. The average Bonchev–Trinajstić information content (AvgIpc) is 2.36. The smallest absolute Gasteiger partial charge is 0.318 e. The predicted octanol–water partition coefficient (Wildman–Crippen LogP) is 0.748. The van der Waals surface area contributed by atoms with E-state index in [4.69, 9.17) is 5.11 Å². The van der Waals surface area contributed by atoms with Gasteiger partial charge in [-0.3, -0.25) is 9.59 Å². The molecule has 0 fully saturated rings. The fourth-order valence-electron chi connectivity index (χ4n) is 1.83. The number of carbonyl (C=O) groups is 3. The third kappa shape index (κ3) is 5.46. The topological polar surface area (TPSA) is 90.0 Å². The van der Waals surface area contributed by atoms with Crippen LogP contribution in [0.3, 0.4) is 0 Å². The molecule has 0 aliphatic rings. The highest BCUT2D eigenvalue weighted by Crippen LogP contribution is 2.05. The molecular weight excluding hydrogens is 262 g/mol. The summed E-state index contributed by atoms with van der Waals surface area (Å²) in [5, 5.41) is 11.4. The number of carboxylic acid groups (broad SMARTS) is 1. The minimum atomic E-state index is -0.960. The van der Waals surface area contributed by atoms with Gasteiger partial charge < -0.3 is 20.2 Å². The molecule has 20 heavy (non-hydrogen) atoms. The number of urea groups is 1. The second-order valence-electron chi connectivity index (χ2n) is 4.76. The highest BCUT2D eigenvalue weighted by atomic mass is 16.4. The van der Waals surface area contributed by atoms with Crippen molar-refractivity contribution in [3.8, 4) is 0 Å². The molecular formula is C13H25N3O4. The molecule has 0 rings (SSSR count). The van der Waals surface area contributed by atoms with E-state index in [-0.39, 0.29) is 12.3 Å². The van der Waals surface area contributed by atoms with Crippen LogP contribution in [0, 0.1) is 0 Å². The molecule has 0 heterocycles. The fraction of sp³-hybridized carbons (Fsp3) is 0.769. The average molecular weight is 287 g/mol. The predicted molar refractivity (Wildman–Crippen MR) is 75.4 cm³/mol. The third-order valence-corrected chi connectivity index (χ3v) is 3.16. The van der Waals surface area contributed by atoms with E-state index >= 15 is 0 Å². The van der Waals surface area contributed by atoms with E-state index in [9.17, 15) is 14.4 Å². The van der Waals surface area contributed by atoms with Crippen molar-refractivity contribution in [1.82, 2.24) is 15.1 Å². The van der Waals surface area contributed by atoms with Gasteiger partial charge in [-0.15, -0.1) is 0 Å². The molecule has 7 heteroatoms. The zero-order chi connectivity index (χ0) is 15.9. The Kier molecular flexibility index (Phi) is 7.64. The van der Waals surface area contributed by atoms with Crippen LogP contribution >= 0.6 is 0 Å². The minimum Gasteiger partial charge on any atom is -0.481 e. The van der Waals surface area contributed by atoms with Crippen molar-refractivity contribution in [3.05, 3.63) is 0 Å². The van der Waals surface area contributed by atoms with Crippen LogP contribution in [0.4, 0.5) is 4.79 Å². The lowest BCUT2D eigenvalue weighted by Crippen LogP contribution is -2.52. The van der Waals surface area contributed by atoms with Crippen molar-refractivity contribution in [2.75, 3.05) is 20.1 Å². The van der Waals surface area contributed by atoms with E-state index in [1.54, 1.807) is 27.8 Å². The summed E-state index contributed by atoms with van der Waals surface area (Å²) in [4.78, 5) is 37.6. The van der Waals surface area contributed by atoms with Crippen molar-refractivity contribution in [3.63, 3.8) is 0 Å². The third-order valence-electron chi connectivity index (χ3n) is 3.16. The van der Waals surface area contributed by atoms with Gasteiger partial charge in [-0.25, -0.2) is 4.79 Å². The van der Waals surface area contributed by atoms with Gasteiger partial charge in [-0.05, 0) is 27.7 Å². The molecule has 116 valence electrons. The lowest BCUT2D eigenvalue weighted by molar-refractivity contribution is -0.138. The Morgan fingerprint density at radius 3 is 2.10 bits per heavy atom. The molecule has 0 radical (unpaired) electrons. The van der Waals surface area contributed by atoms with Crippen LogP contribution < -0.4 is 5.32 Å². The number of aliphatic carboxylic acids is 1. The zero-order valence-corrected chi connectivity index (χ0v) is 12.8. The summed E-state index contributed by atoms with van der Waals surface area (Å²) in [6.45, 7) is 7.84. The van der Waals surface area contributed by atoms with Crippen molar-refractivity contribution in [2.24, 2.45) is 0 Å². The summed E-state index contributed by atoms with van der Waals surface area (Å²) >= 11 is 0. The Morgan fingerprint density at radius 2 is 1.70 bits per heavy atom. The van der Waals surface area contributed by atoms with Gasteiger partial charge >= 0.3 is 12.0 Å². The summed E-state index contributed by atoms with van der Waals surface area (Å²) in [5.74, 6) is -1.14. The number of hydrogen-bond donors (Lipinski definition) is 2. The van der Waals surface area contributed by atoms with Crippen molar-refractivity contribution < 1.29 is 19.5 Å². The first kappa shape index (κ1) is 18.2. The van der Waals surface area contributed by atoms with Crippen molar-refractivity contribution in [1.29, 1.82) is 0 Å². The molecule has 0 saturated carbocycles. The number of amides is 3. The van der Waals surface area contributed by atoms with Crippen LogP contribution in [0.25, 0.3) is 0 Å². The zero-order valence-electron chi connectivity index (χ0n) is 12.8. The minimum absolute atomic E-state index is 0.127. The Labute approximate surface area is 119 Å². The second-order valence-corrected chi connectivity index (χ2v) is 4.76. The lowest BCUT2D eigenvalue weighted by atomic mass is 10.2. The van der Waals surface area contributed by atoms with Gasteiger partial charge in [-0.2, -0.15) is 0 Å². The standard InChI is InChI=1S/C13H25N3O4/c1-6-15(5)12(19)10(4)14-13(20)16(7-2)9(3)8-11(17)18/h9-10H,6-8H2,1-5H3,(H,14,20)(H,17,18). The summed E-state index contributed by atoms with van der Waals surface area (Å²) < 4.78 is 0. The monoisotopic (exact) mass is 287 g/mol. The molecule has 7 nitrogen and oxygen atoms in total. The summed E-state index contributed by atoms with van der Waals surface area (Å²) in [5.41, 5.74) is 0. The number of carboxylic acids is 1. The van der Waals surface area contributed by atoms with E-state index in [2.05, 4.69) is 5.32 Å². The summed E-state index contributed by atoms with van der Waals surface area (Å²) in [6.07, 6.45) is -0.127. The number of hydrogen-bond acceptors (Lipinski definition) is 3. The van der Waals surface area contributed by atoms with Crippen LogP contribution in [-0.2, 0) is 9.59 Å². The maximum atomic E-state index is 12.1. The first-order valence-electron chi connectivity index (χ1n) is 6.78. The van der Waals surface area contributed by atoms with Gasteiger partial charge in [0.05, 0.1) is 6.42 Å². The molecule has 0 aliphatic heterocycles. The molecule has 0 aromatic rings. The van der Waals surface area contributed by atoms with Gasteiger partial charge in [0.25, 0.3) is 0 Å². The van der Waals surface area contributed by atoms with Gasteiger partial charge in [0.15, 0.2) is 0 Å². The van der Waals surface area contributed by atoms with Crippen molar-refractivity contribution in [2.45, 2.75) is 46.2 Å². The van der Waals surface area contributed by atoms with Gasteiger partial charge in [-0.1, -0.05) is 0 Å². The van der Waals surface area contributed by atoms with E-state index in [1.807, 2.05) is 6.92 Å². The highest BCUT2D eigenvalue weighted by Gasteiger charge is 2.24. The van der Waals surface area contributed by atoms with E-state index < -0.39 is 24.1 Å². The number of carbonyl (C=O) groups excluding carboxylic acids is 2. The van der Waals surface area contributed by atoms with Crippen LogP contribution in [0.5, 0.6) is 0 Å². The first-order valence-corrected chi connectivity index (χ1v) is 6.78. The van der Waals surface area contributed by atoms with E-state index in [0.717, 1.165) is 0 Å². The van der Waals surface area contributed by atoms with Crippen LogP contribution in [0.2, 0.25) is 0 Å². The Bertz CT molecular complexity index is 360. The second kappa shape index (κ2) is 8.39. The Hall–Kier alpha value is -1.79. The van der Waals surface area contributed by atoms with Crippen molar-refractivity contribution >= 4 is 17.9 Å². The summed E-state index contributed by atoms with van der Waals surface area (Å²) in [6, 6.07) is -1.49. The van der Waals surface area contributed by atoms with Crippen LogP contribution in [0.1, 0.15) is 34.1 Å². The molecule has 3 amide bonds. The van der Waals surface area contributed by atoms with Crippen LogP contribution in [-0.4, -0.2) is 65.0 Å². The van der Waals surface area contributed by atoms with Gasteiger partial charge in [0.1, 0.15) is 6.04 Å². The normalized spacial score (nSPS) is 13.2. The highest BCUT2D eigenvalue weighted by molar-refractivity contribution is 5.86. The summed E-state index contributed by atoms with van der Waals surface area (Å²) in [7, 11) is 1.66. The SMILES string of the molecule is CCN(C)C(=O)C(C)NC(=O)N(CC)C(C)CC(=O)O. The lowest BCUT2D eigenvalue weighted by Gasteiger charge is -2.29. The largest absolute Gasteiger partial charge is 0.481 e.